The summed E-state index contributed by atoms with van der Waals surface area (Å²) in [7, 11) is 0. The summed E-state index contributed by atoms with van der Waals surface area (Å²) in [6.45, 7) is 79.9. The van der Waals surface area contributed by atoms with Crippen molar-refractivity contribution in [3.8, 4) is 0 Å². The van der Waals surface area contributed by atoms with E-state index in [1.807, 2.05) is 27.7 Å². The summed E-state index contributed by atoms with van der Waals surface area (Å²) in [6.07, 6.45) is -5.70. The van der Waals surface area contributed by atoms with Crippen LogP contribution in [0.15, 0.2) is 0 Å². The second-order valence-electron chi connectivity index (χ2n) is 32.7. The smallest absolute Gasteiger partial charge is 0.171 e. The molecule has 0 N–H and O–H groups in total. The Morgan fingerprint density at radius 3 is 0.576 bits per heavy atom. The van der Waals surface area contributed by atoms with Gasteiger partial charge in [0.1, 0.15) is 0 Å². The highest BCUT2D eigenvalue weighted by Crippen LogP contribution is 2.50. The molecule has 0 nitrogen and oxygen atoms in total. The Balaban J connectivity index is -0.000000110. The van der Waals surface area contributed by atoms with Crippen molar-refractivity contribution in [2.75, 3.05) is 0 Å². The van der Waals surface area contributed by atoms with Gasteiger partial charge in [-0.25, -0.2) is 0 Å². The number of rotatable bonds is 15. The average molecular weight is 1260 g/mol. The Labute approximate surface area is 525 Å². The van der Waals surface area contributed by atoms with Crippen molar-refractivity contribution in [3.05, 3.63) is 0 Å². The Morgan fingerprint density at radius 2 is 0.553 bits per heavy atom. The summed E-state index contributed by atoms with van der Waals surface area (Å²) in [5.74, 6) is 1.11. The second kappa shape index (κ2) is 43.1. The van der Waals surface area contributed by atoms with E-state index in [1.54, 1.807) is 48.5 Å². The topological polar surface area (TPSA) is 0 Å². The van der Waals surface area contributed by atoms with Gasteiger partial charge >= 0.3 is 24.7 Å². The van der Waals surface area contributed by atoms with Crippen molar-refractivity contribution in [3.63, 3.8) is 0 Å². The summed E-state index contributed by atoms with van der Waals surface area (Å²) >= 11 is 0. The van der Waals surface area contributed by atoms with Crippen LogP contribution < -0.4 is 0 Å². The molecule has 0 amide bonds. The molecule has 0 aromatic heterocycles. The Bertz CT molecular complexity index is 1470. The number of hydrogen-bond donors (Lipinski definition) is 0. The summed E-state index contributed by atoms with van der Waals surface area (Å²) in [5.41, 5.74) is -2.99. The van der Waals surface area contributed by atoms with Crippen molar-refractivity contribution >= 4 is 0 Å². The van der Waals surface area contributed by atoms with Gasteiger partial charge in [-0.15, -0.1) is 0 Å². The van der Waals surface area contributed by atoms with Gasteiger partial charge in [0.05, 0.1) is 21.7 Å². The van der Waals surface area contributed by atoms with Crippen LogP contribution in [-0.2, 0) is 0 Å². The first-order valence-electron chi connectivity index (χ1n) is 33.2. The molecule has 0 aromatic rings. The van der Waals surface area contributed by atoms with Crippen LogP contribution in [0.4, 0.5) is 52.7 Å². The predicted molar refractivity (Wildman–Crippen MR) is 356 cm³/mol. The first-order valence-corrected chi connectivity index (χ1v) is 33.2. The van der Waals surface area contributed by atoms with E-state index in [1.165, 1.54) is 79.6 Å². The zero-order valence-corrected chi connectivity index (χ0v) is 64.2. The van der Waals surface area contributed by atoms with Gasteiger partial charge in [0.25, 0.3) is 0 Å². The number of alkyl halides is 12. The Kier molecular flexibility index (Phi) is 52.2. The fourth-order valence-corrected chi connectivity index (χ4v) is 8.86. The third-order valence-electron chi connectivity index (χ3n) is 19.5. The molecule has 0 heterocycles. The molecule has 0 aliphatic carbocycles. The van der Waals surface area contributed by atoms with Gasteiger partial charge < -0.3 is 0 Å². The lowest BCUT2D eigenvalue weighted by molar-refractivity contribution is -0.239. The van der Waals surface area contributed by atoms with Gasteiger partial charge in [-0.1, -0.05) is 322 Å². The van der Waals surface area contributed by atoms with Gasteiger partial charge in [0, 0.05) is 0 Å². The molecule has 0 bridgehead atoms. The van der Waals surface area contributed by atoms with Gasteiger partial charge in [-0.2, -0.15) is 52.7 Å². The van der Waals surface area contributed by atoms with Crippen LogP contribution in [0, 0.1) is 89.7 Å². The molecule has 0 saturated carbocycles. The molecule has 2 atom stereocenters. The minimum absolute atomic E-state index is 0.0478. The molecule has 85 heavy (non-hydrogen) atoms. The van der Waals surface area contributed by atoms with Crippen molar-refractivity contribution < 1.29 is 52.7 Å². The fourth-order valence-electron chi connectivity index (χ4n) is 8.86. The third-order valence-corrected chi connectivity index (χ3v) is 19.5. The van der Waals surface area contributed by atoms with Crippen LogP contribution in [0.1, 0.15) is 360 Å². The fraction of sp³-hybridized carbons (Fsp3) is 1.00. The maximum Gasteiger partial charge on any atom is 0.394 e. The highest BCUT2D eigenvalue weighted by Gasteiger charge is 2.54. The summed E-state index contributed by atoms with van der Waals surface area (Å²) in [4.78, 5) is 0. The van der Waals surface area contributed by atoms with E-state index in [0.29, 0.717) is 38.9 Å². The van der Waals surface area contributed by atoms with Crippen molar-refractivity contribution in [1.82, 2.24) is 0 Å². The van der Waals surface area contributed by atoms with E-state index in [-0.39, 0.29) is 55.8 Å². The Morgan fingerprint density at radius 1 is 0.282 bits per heavy atom. The molecule has 528 valence electrons. The molecular weight excluding hydrogens is 1100 g/mol. The molecule has 12 heteroatoms. The molecule has 0 fully saturated rings. The zero-order chi connectivity index (χ0) is 71.7. The number of halogens is 12. The van der Waals surface area contributed by atoms with Crippen LogP contribution in [0.2, 0.25) is 0 Å². The first-order chi connectivity index (χ1) is 37.0. The van der Waals surface area contributed by atoms with Crippen LogP contribution in [0.5, 0.6) is 0 Å². The highest BCUT2D eigenvalue weighted by atomic mass is 19.4. The van der Waals surface area contributed by atoms with E-state index in [4.69, 9.17) is 0 Å². The summed E-state index contributed by atoms with van der Waals surface area (Å²) in [6, 6.07) is 0. The lowest BCUT2D eigenvalue weighted by atomic mass is 9.65. The lowest BCUT2D eigenvalue weighted by Crippen LogP contribution is -2.43. The van der Waals surface area contributed by atoms with E-state index < -0.39 is 46.4 Å². The molecule has 0 aliphatic rings. The highest BCUT2D eigenvalue weighted by molar-refractivity contribution is 4.89. The monoisotopic (exact) mass is 1260 g/mol. The van der Waals surface area contributed by atoms with Crippen LogP contribution in [-0.4, -0.2) is 24.7 Å². The summed E-state index contributed by atoms with van der Waals surface area (Å²) < 4.78 is 149. The standard InChI is InChI=1S/C11H21F3.C10H22.C9H20.2C8H15F3.C7H13F3.2C7H16.C6H14/c1-7(2)9(8(3)4)10(5,6)11(12,13)14;1-7-10(6,8-2)9(3,4)5;1-6-8(7-2)9(3,4)5;1-5-7(4,6(2)3)8(9,10)11;1-4-6-7(3,5-2)8(9,10)11;1-4-6(3,5-2)7(8,9)10;1-6(2)7(3,4)5;1-5-6-7(2,3)4;1-5-6(2,3)4/h7-9H,1-6H3;7-8H2,1-6H3;8H,6-7H2,1-5H3;6H,5H2,1-4H3;4-6H2,1-3H3;4-5H2,1-3H3;6H,1-5H3;5-6H2,1-4H3;5H2,1-4H3/t;;;2*7-;;;;/m...00..../s1. The van der Waals surface area contributed by atoms with E-state index >= 15 is 0 Å². The van der Waals surface area contributed by atoms with Crippen molar-refractivity contribution in [2.24, 2.45) is 89.7 Å². The normalized spacial score (nSPS) is 14.6. The minimum Gasteiger partial charge on any atom is -0.171 e. The first kappa shape index (κ1) is 103. The van der Waals surface area contributed by atoms with Gasteiger partial charge in [-0.05, 0) is 107 Å². The third kappa shape index (κ3) is 46.0. The van der Waals surface area contributed by atoms with E-state index in [2.05, 4.69) is 166 Å². The van der Waals surface area contributed by atoms with Crippen LogP contribution in [0.3, 0.4) is 0 Å². The molecule has 0 rings (SSSR count). The van der Waals surface area contributed by atoms with E-state index in [9.17, 15) is 52.7 Å². The number of hydrogen-bond acceptors (Lipinski definition) is 0. The minimum atomic E-state index is -4.12. The molecule has 0 unspecified atom stereocenters. The van der Waals surface area contributed by atoms with E-state index in [0.717, 1.165) is 11.8 Å². The molecule has 0 spiro atoms. The maximum absolute atomic E-state index is 12.8. The quantitative estimate of drug-likeness (QED) is 0.143. The van der Waals surface area contributed by atoms with Crippen molar-refractivity contribution in [1.29, 1.82) is 0 Å². The second-order valence-corrected chi connectivity index (χ2v) is 32.7. The average Bonchev–Trinajstić information content (AvgIpc) is 3.29. The predicted octanol–water partition coefficient (Wildman–Crippen LogP) is 30.6. The molecule has 0 saturated heterocycles. The largest absolute Gasteiger partial charge is 0.394 e. The zero-order valence-electron chi connectivity index (χ0n) is 64.2. The summed E-state index contributed by atoms with van der Waals surface area (Å²) in [5, 5.41) is 0. The molecule has 0 aliphatic heterocycles. The maximum atomic E-state index is 12.8. The molecule has 0 radical (unpaired) electrons. The Hall–Kier alpha value is -0.840. The van der Waals surface area contributed by atoms with Gasteiger partial charge in [-0.3, -0.25) is 0 Å². The molecule has 0 aromatic carbocycles. The molecular formula is C73H152F12. The van der Waals surface area contributed by atoms with Crippen LogP contribution in [0.25, 0.3) is 0 Å². The van der Waals surface area contributed by atoms with Crippen LogP contribution >= 0.6 is 0 Å². The van der Waals surface area contributed by atoms with Gasteiger partial charge in [0.15, 0.2) is 0 Å². The SMILES string of the molecule is CC(C)C(C(C)C)C(C)(C)C(F)(F)F.CC(C)C(C)(C)C.CCC(C)(C)C.CCC(C)(CC)C(C)(C)C.CCC(C)(CC)C(F)(F)F.CCC(CC)C(C)(C)C.CCCC(C)(C)C.CCC[C@](C)(CC)C(F)(F)F.CC[C@@](C)(C(C)C)C(F)(F)F. The van der Waals surface area contributed by atoms with Crippen molar-refractivity contribution in [2.45, 2.75) is 385 Å². The lowest BCUT2D eigenvalue weighted by Gasteiger charge is -2.41. The van der Waals surface area contributed by atoms with Gasteiger partial charge in [0.2, 0.25) is 0 Å².